The van der Waals surface area contributed by atoms with Crippen LogP contribution in [0.25, 0.3) is 0 Å². The topological polar surface area (TPSA) is 29.5 Å². The average molecular weight is 214 g/mol. The maximum atomic E-state index is 11.9. The van der Waals surface area contributed by atoms with Crippen molar-refractivity contribution in [2.24, 2.45) is 0 Å². The van der Waals surface area contributed by atoms with Crippen LogP contribution in [0.5, 0.6) is 0 Å². The van der Waals surface area contributed by atoms with Gasteiger partial charge in [-0.3, -0.25) is 0 Å². The van der Waals surface area contributed by atoms with Crippen LogP contribution >= 0.6 is 0 Å². The highest BCUT2D eigenvalue weighted by Gasteiger charge is 2.35. The lowest BCUT2D eigenvalue weighted by atomic mass is 9.92. The largest absolute Gasteiger partial charge is 0.390 e. The molecule has 0 aromatic carbocycles. The second kappa shape index (κ2) is 4.98. The van der Waals surface area contributed by atoms with Crippen molar-refractivity contribution >= 4 is 0 Å². The molecule has 86 valence electrons. The molecule has 0 aliphatic rings. The molecule has 0 heterocycles. The molecule has 0 fully saturated rings. The normalized spacial score (nSPS) is 19.1. The molecule has 0 radical (unpaired) electrons. The third-order valence-corrected chi connectivity index (χ3v) is 2.57. The zero-order valence-corrected chi connectivity index (χ0v) is 8.69. The lowest BCUT2D eigenvalue weighted by Gasteiger charge is -2.32. The van der Waals surface area contributed by atoms with E-state index in [2.05, 4.69) is 0 Å². The Morgan fingerprint density at radius 2 is 1.86 bits per heavy atom. The van der Waals surface area contributed by atoms with E-state index >= 15 is 0 Å². The summed E-state index contributed by atoms with van der Waals surface area (Å²) in [6.07, 6.45) is -6.13. The summed E-state index contributed by atoms with van der Waals surface area (Å²) in [5, 5.41) is 9.51. The van der Waals surface area contributed by atoms with Gasteiger partial charge in [0.1, 0.15) is 0 Å². The molecular formula is C9H17F3O2. The number of ether oxygens (including phenoxy) is 1. The van der Waals surface area contributed by atoms with Gasteiger partial charge < -0.3 is 9.84 Å². The average Bonchev–Trinajstić information content (AvgIpc) is 2.11. The van der Waals surface area contributed by atoms with E-state index in [1.807, 2.05) is 0 Å². The van der Waals surface area contributed by atoms with Gasteiger partial charge in [0.15, 0.2) is 0 Å². The number of hydrogen-bond acceptors (Lipinski definition) is 2. The van der Waals surface area contributed by atoms with Gasteiger partial charge in [0.2, 0.25) is 0 Å². The molecule has 0 bridgehead atoms. The molecule has 0 aliphatic heterocycles. The molecular weight excluding hydrogens is 197 g/mol. The smallest absolute Gasteiger partial charge is 0.389 e. The summed E-state index contributed by atoms with van der Waals surface area (Å²) >= 11 is 0. The fraction of sp³-hybridized carbons (Fsp3) is 1.00. The Morgan fingerprint density at radius 3 is 2.14 bits per heavy atom. The Bertz CT molecular complexity index is 164. The first-order chi connectivity index (χ1) is 6.25. The fourth-order valence-electron chi connectivity index (χ4n) is 1.12. The van der Waals surface area contributed by atoms with Gasteiger partial charge in [0.05, 0.1) is 11.7 Å². The Morgan fingerprint density at radius 1 is 1.36 bits per heavy atom. The van der Waals surface area contributed by atoms with Crippen molar-refractivity contribution in [2.45, 2.75) is 51.0 Å². The van der Waals surface area contributed by atoms with Crippen LogP contribution in [0.2, 0.25) is 0 Å². The lowest BCUT2D eigenvalue weighted by molar-refractivity contribution is -0.153. The first-order valence-electron chi connectivity index (χ1n) is 4.55. The summed E-state index contributed by atoms with van der Waals surface area (Å²) in [4.78, 5) is 0. The lowest BCUT2D eigenvalue weighted by Crippen LogP contribution is -2.41. The molecule has 14 heavy (non-hydrogen) atoms. The summed E-state index contributed by atoms with van der Waals surface area (Å²) in [7, 11) is 1.39. The van der Waals surface area contributed by atoms with Crippen molar-refractivity contribution < 1.29 is 23.0 Å². The van der Waals surface area contributed by atoms with Gasteiger partial charge in [-0.1, -0.05) is 6.92 Å². The number of aliphatic hydroxyl groups excluding tert-OH is 1. The van der Waals surface area contributed by atoms with E-state index in [1.54, 1.807) is 13.8 Å². The zero-order chi connectivity index (χ0) is 11.4. The standard InChI is InChI=1S/C9H17F3O2/c1-4-8(2,14-3)7(13)5-6-9(10,11)12/h7,13H,4-6H2,1-3H3. The maximum absolute atomic E-state index is 11.9. The highest BCUT2D eigenvalue weighted by Crippen LogP contribution is 2.28. The van der Waals surface area contributed by atoms with E-state index < -0.39 is 24.3 Å². The van der Waals surface area contributed by atoms with E-state index in [4.69, 9.17) is 4.74 Å². The summed E-state index contributed by atoms with van der Waals surface area (Å²) in [6.45, 7) is 3.37. The monoisotopic (exact) mass is 214 g/mol. The van der Waals surface area contributed by atoms with Crippen LogP contribution in [-0.2, 0) is 4.74 Å². The van der Waals surface area contributed by atoms with Gasteiger partial charge >= 0.3 is 6.18 Å². The van der Waals surface area contributed by atoms with Crippen molar-refractivity contribution in [3.8, 4) is 0 Å². The van der Waals surface area contributed by atoms with Crippen molar-refractivity contribution in [3.05, 3.63) is 0 Å². The first kappa shape index (κ1) is 13.7. The molecule has 0 aromatic heterocycles. The first-order valence-corrected chi connectivity index (χ1v) is 4.55. The molecule has 2 unspecified atom stereocenters. The fourth-order valence-corrected chi connectivity index (χ4v) is 1.12. The summed E-state index contributed by atoms with van der Waals surface area (Å²) in [5.41, 5.74) is -0.884. The molecule has 2 atom stereocenters. The van der Waals surface area contributed by atoms with Crippen LogP contribution in [0.1, 0.15) is 33.1 Å². The number of halogens is 3. The number of rotatable bonds is 5. The van der Waals surface area contributed by atoms with Crippen LogP contribution in [0.3, 0.4) is 0 Å². The minimum absolute atomic E-state index is 0.318. The molecule has 0 aliphatic carbocycles. The molecule has 1 N–H and O–H groups in total. The SMILES string of the molecule is CCC(C)(OC)C(O)CCC(F)(F)F. The van der Waals surface area contributed by atoms with E-state index in [9.17, 15) is 18.3 Å². The Hall–Kier alpha value is -0.290. The van der Waals surface area contributed by atoms with Crippen LogP contribution < -0.4 is 0 Å². The Kier molecular flexibility index (Phi) is 4.88. The van der Waals surface area contributed by atoms with Gasteiger partial charge in [-0.2, -0.15) is 13.2 Å². The Labute approximate surface area is 82.1 Å². The van der Waals surface area contributed by atoms with Gasteiger partial charge in [-0.25, -0.2) is 0 Å². The van der Waals surface area contributed by atoms with Gasteiger partial charge in [-0.05, 0) is 19.8 Å². The van der Waals surface area contributed by atoms with Crippen LogP contribution in [0, 0.1) is 0 Å². The number of hydrogen-bond donors (Lipinski definition) is 1. The summed E-state index contributed by atoms with van der Waals surface area (Å²) < 4.78 is 40.6. The van der Waals surface area contributed by atoms with Crippen LogP contribution in [0.4, 0.5) is 13.2 Å². The molecule has 0 aromatic rings. The molecule has 0 spiro atoms. The van der Waals surface area contributed by atoms with Gasteiger partial charge in [0, 0.05) is 13.5 Å². The summed E-state index contributed by atoms with van der Waals surface area (Å²) in [5.74, 6) is 0. The van der Waals surface area contributed by atoms with E-state index in [0.29, 0.717) is 6.42 Å². The van der Waals surface area contributed by atoms with E-state index in [0.717, 1.165) is 0 Å². The van der Waals surface area contributed by atoms with E-state index in [-0.39, 0.29) is 6.42 Å². The third kappa shape index (κ3) is 4.28. The predicted molar refractivity (Wildman–Crippen MR) is 47.0 cm³/mol. The highest BCUT2D eigenvalue weighted by molar-refractivity contribution is 4.82. The van der Waals surface area contributed by atoms with E-state index in [1.165, 1.54) is 7.11 Å². The second-order valence-corrected chi connectivity index (χ2v) is 3.54. The Balaban J connectivity index is 4.12. The third-order valence-electron chi connectivity index (χ3n) is 2.57. The van der Waals surface area contributed by atoms with Crippen LogP contribution in [0.15, 0.2) is 0 Å². The van der Waals surface area contributed by atoms with Gasteiger partial charge in [0.25, 0.3) is 0 Å². The maximum Gasteiger partial charge on any atom is 0.389 e. The van der Waals surface area contributed by atoms with Crippen molar-refractivity contribution in [1.29, 1.82) is 0 Å². The summed E-state index contributed by atoms with van der Waals surface area (Å²) in [6, 6.07) is 0. The quantitative estimate of drug-likeness (QED) is 0.762. The zero-order valence-electron chi connectivity index (χ0n) is 8.69. The number of alkyl halides is 3. The van der Waals surface area contributed by atoms with Crippen molar-refractivity contribution in [1.82, 2.24) is 0 Å². The molecule has 0 saturated carbocycles. The van der Waals surface area contributed by atoms with Crippen molar-refractivity contribution in [2.75, 3.05) is 7.11 Å². The molecule has 2 nitrogen and oxygen atoms in total. The minimum atomic E-state index is -4.22. The van der Waals surface area contributed by atoms with Crippen LogP contribution in [-0.4, -0.2) is 30.1 Å². The predicted octanol–water partition coefficient (Wildman–Crippen LogP) is 2.50. The number of methoxy groups -OCH3 is 1. The number of aliphatic hydroxyl groups is 1. The second-order valence-electron chi connectivity index (χ2n) is 3.54. The minimum Gasteiger partial charge on any atom is -0.390 e. The van der Waals surface area contributed by atoms with Crippen molar-refractivity contribution in [3.63, 3.8) is 0 Å². The highest BCUT2D eigenvalue weighted by atomic mass is 19.4. The molecule has 0 rings (SSSR count). The molecule has 0 amide bonds. The van der Waals surface area contributed by atoms with Gasteiger partial charge in [-0.15, -0.1) is 0 Å². The molecule has 5 heteroatoms. The molecule has 0 saturated heterocycles.